The molecule has 4 nitrogen and oxygen atoms in total. The van der Waals surface area contributed by atoms with Gasteiger partial charge in [-0.3, -0.25) is 4.79 Å². The number of aryl methyl sites for hydroxylation is 2. The summed E-state index contributed by atoms with van der Waals surface area (Å²) in [6, 6.07) is 6.39. The summed E-state index contributed by atoms with van der Waals surface area (Å²) in [6.07, 6.45) is 1.73. The van der Waals surface area contributed by atoms with Crippen LogP contribution in [0.2, 0.25) is 5.15 Å². The molecule has 3 rings (SSSR count). The number of aromatic nitrogens is 1. The van der Waals surface area contributed by atoms with E-state index in [1.165, 1.54) is 16.0 Å². The monoisotopic (exact) mass is 332 g/mol. The van der Waals surface area contributed by atoms with Gasteiger partial charge in [-0.1, -0.05) is 23.7 Å². The van der Waals surface area contributed by atoms with Gasteiger partial charge in [-0.2, -0.15) is 0 Å². The van der Waals surface area contributed by atoms with Crippen LogP contribution in [0.25, 0.3) is 10.9 Å². The smallest absolute Gasteiger partial charge is 0.220 e. The molecule has 2 aromatic rings. The number of nitrogens with two attached hydrogens (primary N) is 1. The largest absolute Gasteiger partial charge is 0.369 e. The Hall–Kier alpha value is -1.65. The average Bonchev–Trinajstić information content (AvgIpc) is 2.53. The molecule has 0 unspecified atom stereocenters. The molecule has 1 aromatic carbocycles. The van der Waals surface area contributed by atoms with E-state index < -0.39 is 0 Å². The van der Waals surface area contributed by atoms with Crippen molar-refractivity contribution in [1.29, 1.82) is 0 Å². The van der Waals surface area contributed by atoms with Crippen LogP contribution < -0.4 is 10.6 Å². The Morgan fingerprint density at radius 2 is 2.04 bits per heavy atom. The maximum absolute atomic E-state index is 11.3. The summed E-state index contributed by atoms with van der Waals surface area (Å²) < 4.78 is 0. The van der Waals surface area contributed by atoms with E-state index in [1.807, 2.05) is 0 Å². The molecule has 3 N–H and O–H groups in total. The fraction of sp³-hybridized carbons (Fsp3) is 0.444. The second-order valence-electron chi connectivity index (χ2n) is 6.62. The topological polar surface area (TPSA) is 60.4 Å². The number of benzene rings is 1. The molecule has 0 spiro atoms. The van der Waals surface area contributed by atoms with Crippen LogP contribution in [0.15, 0.2) is 18.2 Å². The lowest BCUT2D eigenvalue weighted by Gasteiger charge is -2.27. The van der Waals surface area contributed by atoms with Crippen molar-refractivity contribution in [2.45, 2.75) is 33.2 Å². The van der Waals surface area contributed by atoms with Gasteiger partial charge in [0.2, 0.25) is 5.91 Å². The van der Waals surface area contributed by atoms with Crippen LogP contribution in [-0.2, 0) is 11.3 Å². The van der Waals surface area contributed by atoms with Crippen molar-refractivity contribution in [1.82, 2.24) is 4.98 Å². The highest BCUT2D eigenvalue weighted by molar-refractivity contribution is 6.30. The normalized spacial score (nSPS) is 21.5. The zero-order chi connectivity index (χ0) is 16.6. The van der Waals surface area contributed by atoms with Gasteiger partial charge in [0.05, 0.1) is 18.6 Å². The minimum atomic E-state index is -0.166. The third-order valence-electron chi connectivity index (χ3n) is 5.07. The first kappa shape index (κ1) is 16.2. The molecule has 0 saturated carbocycles. The molecule has 2 heterocycles. The van der Waals surface area contributed by atoms with E-state index in [1.54, 1.807) is 0 Å². The Kier molecular flexibility index (Phi) is 4.55. The number of piperidine rings is 1. The highest BCUT2D eigenvalue weighted by Gasteiger charge is 2.26. The van der Waals surface area contributed by atoms with Gasteiger partial charge in [0.15, 0.2) is 0 Å². The lowest BCUT2D eigenvalue weighted by Crippen LogP contribution is -3.11. The number of likely N-dealkylation sites (tertiary alicyclic amines) is 1. The maximum Gasteiger partial charge on any atom is 0.220 e. The van der Waals surface area contributed by atoms with Crippen LogP contribution in [0.4, 0.5) is 0 Å². The average molecular weight is 333 g/mol. The van der Waals surface area contributed by atoms with Crippen molar-refractivity contribution in [3.8, 4) is 0 Å². The minimum absolute atomic E-state index is 0.0366. The first-order chi connectivity index (χ1) is 11.0. The first-order valence-corrected chi connectivity index (χ1v) is 8.51. The summed E-state index contributed by atoms with van der Waals surface area (Å²) in [6.45, 7) is 6.93. The van der Waals surface area contributed by atoms with Crippen LogP contribution >= 0.6 is 11.6 Å². The quantitative estimate of drug-likeness (QED) is 0.842. The zero-order valence-electron chi connectivity index (χ0n) is 13.7. The summed E-state index contributed by atoms with van der Waals surface area (Å²) in [5.41, 5.74) is 9.88. The number of hydrogen-bond donors (Lipinski definition) is 2. The van der Waals surface area contributed by atoms with Crippen LogP contribution in [0.1, 0.15) is 29.5 Å². The van der Waals surface area contributed by atoms with Crippen molar-refractivity contribution in [3.63, 3.8) is 0 Å². The Balaban J connectivity index is 1.80. The molecule has 0 atom stereocenters. The van der Waals surface area contributed by atoms with Gasteiger partial charge in [-0.15, -0.1) is 0 Å². The number of rotatable bonds is 3. The number of nitrogens with one attached hydrogen (secondary N) is 1. The van der Waals surface area contributed by atoms with Crippen molar-refractivity contribution < 1.29 is 9.69 Å². The number of nitrogens with zero attached hydrogens (tertiary/aromatic N) is 1. The summed E-state index contributed by atoms with van der Waals surface area (Å²) >= 11 is 6.43. The predicted octanol–water partition coefficient (Wildman–Crippen LogP) is 1.79. The second-order valence-corrected chi connectivity index (χ2v) is 6.98. The molecule has 1 fully saturated rings. The molecule has 1 saturated heterocycles. The molecular weight excluding hydrogens is 310 g/mol. The standard InChI is InChI=1S/C18H22ClN3O/c1-11-3-4-14-9-15(17(19)21-16(14)12(11)2)10-22-7-5-13(6-8-22)18(20)23/h3-4,9,13H,5-8,10H2,1-2H3,(H2,20,23)/p+1. The van der Waals surface area contributed by atoms with E-state index in [4.69, 9.17) is 17.3 Å². The molecule has 122 valence electrons. The van der Waals surface area contributed by atoms with Crippen LogP contribution in [0, 0.1) is 19.8 Å². The van der Waals surface area contributed by atoms with E-state index in [9.17, 15) is 4.79 Å². The number of halogens is 1. The number of amides is 1. The number of carbonyl (C=O) groups is 1. The summed E-state index contributed by atoms with van der Waals surface area (Å²) in [4.78, 5) is 17.3. The zero-order valence-corrected chi connectivity index (χ0v) is 14.4. The number of primary amides is 1. The van der Waals surface area contributed by atoms with Crippen molar-refractivity contribution >= 4 is 28.4 Å². The predicted molar refractivity (Wildman–Crippen MR) is 92.5 cm³/mol. The van der Waals surface area contributed by atoms with Gasteiger partial charge in [-0.05, 0) is 31.0 Å². The highest BCUT2D eigenvalue weighted by atomic mass is 35.5. The molecular formula is C18H23ClN3O+. The number of quaternary nitrogens is 1. The number of carbonyl (C=O) groups excluding carboxylic acids is 1. The van der Waals surface area contributed by atoms with Gasteiger partial charge < -0.3 is 10.6 Å². The van der Waals surface area contributed by atoms with Crippen LogP contribution in [0.3, 0.4) is 0 Å². The number of fused-ring (bicyclic) bond motifs is 1. The van der Waals surface area contributed by atoms with Gasteiger partial charge in [0.1, 0.15) is 11.7 Å². The Bertz CT molecular complexity index is 752. The van der Waals surface area contributed by atoms with Crippen molar-refractivity contribution in [2.24, 2.45) is 11.7 Å². The lowest BCUT2D eigenvalue weighted by molar-refractivity contribution is -0.919. The maximum atomic E-state index is 11.3. The van der Waals surface area contributed by atoms with Crippen molar-refractivity contribution in [3.05, 3.63) is 40.0 Å². The lowest BCUT2D eigenvalue weighted by atomic mass is 9.96. The molecule has 23 heavy (non-hydrogen) atoms. The van der Waals surface area contributed by atoms with Gasteiger partial charge >= 0.3 is 0 Å². The Labute approximate surface area is 141 Å². The minimum Gasteiger partial charge on any atom is -0.369 e. The molecule has 1 aliphatic heterocycles. The van der Waals surface area contributed by atoms with Gasteiger partial charge in [-0.25, -0.2) is 4.98 Å². The molecule has 1 aromatic heterocycles. The number of hydrogen-bond acceptors (Lipinski definition) is 2. The molecule has 1 aliphatic rings. The first-order valence-electron chi connectivity index (χ1n) is 8.14. The molecule has 5 heteroatoms. The molecule has 0 radical (unpaired) electrons. The Morgan fingerprint density at radius 3 is 2.70 bits per heavy atom. The summed E-state index contributed by atoms with van der Waals surface area (Å²) in [7, 11) is 0. The third kappa shape index (κ3) is 3.33. The van der Waals surface area contributed by atoms with E-state index in [0.717, 1.165) is 48.9 Å². The van der Waals surface area contributed by atoms with Gasteiger partial charge in [0, 0.05) is 29.7 Å². The fourth-order valence-corrected chi connectivity index (χ4v) is 3.59. The summed E-state index contributed by atoms with van der Waals surface area (Å²) in [5, 5.41) is 1.73. The Morgan fingerprint density at radius 1 is 1.35 bits per heavy atom. The van der Waals surface area contributed by atoms with Crippen molar-refractivity contribution in [2.75, 3.05) is 13.1 Å². The summed E-state index contributed by atoms with van der Waals surface area (Å²) in [5.74, 6) is -0.130. The SMILES string of the molecule is Cc1ccc2cc(C[NH+]3CCC(C(N)=O)CC3)c(Cl)nc2c1C. The third-order valence-corrected chi connectivity index (χ3v) is 5.40. The highest BCUT2D eigenvalue weighted by Crippen LogP contribution is 2.24. The van der Waals surface area contributed by atoms with E-state index >= 15 is 0 Å². The molecule has 0 bridgehead atoms. The molecule has 0 aliphatic carbocycles. The number of pyridine rings is 1. The van der Waals surface area contributed by atoms with Gasteiger partial charge in [0.25, 0.3) is 0 Å². The van der Waals surface area contributed by atoms with Crippen LogP contribution in [0.5, 0.6) is 0 Å². The van der Waals surface area contributed by atoms with Crippen LogP contribution in [-0.4, -0.2) is 24.0 Å². The van der Waals surface area contributed by atoms with E-state index in [0.29, 0.717) is 5.15 Å². The molecule has 1 amide bonds. The second kappa shape index (κ2) is 6.46. The fourth-order valence-electron chi connectivity index (χ4n) is 3.38. The van der Waals surface area contributed by atoms with E-state index in [-0.39, 0.29) is 11.8 Å². The van der Waals surface area contributed by atoms with E-state index in [2.05, 4.69) is 37.0 Å².